The van der Waals surface area contributed by atoms with Gasteiger partial charge in [-0.25, -0.2) is 15.0 Å². The summed E-state index contributed by atoms with van der Waals surface area (Å²) < 4.78 is 29.2. The predicted octanol–water partition coefficient (Wildman–Crippen LogP) is 8.33. The molecule has 1 aromatic rings. The first-order valence-electron chi connectivity index (χ1n) is 26.4. The number of anilines is 1. The van der Waals surface area contributed by atoms with Crippen LogP contribution in [0.3, 0.4) is 0 Å². The fourth-order valence-corrected chi connectivity index (χ4v) is 11.8. The van der Waals surface area contributed by atoms with Crippen LogP contribution in [0, 0.1) is 11.8 Å². The molecule has 4 amide bonds. The number of hydrazine groups is 1. The van der Waals surface area contributed by atoms with Crippen LogP contribution in [0.2, 0.25) is 5.02 Å². The Morgan fingerprint density at radius 3 is 2.45 bits per heavy atom. The molecular weight excluding hydrogens is 1050 g/mol. The molecule has 1 aromatic carbocycles. The van der Waals surface area contributed by atoms with Gasteiger partial charge in [0, 0.05) is 62.8 Å². The van der Waals surface area contributed by atoms with Gasteiger partial charge in [0.05, 0.1) is 31.4 Å². The number of hydrogen-bond acceptors (Lipinski definition) is 16. The van der Waals surface area contributed by atoms with Crippen LogP contribution in [0.25, 0.3) is 0 Å². The zero-order valence-electron chi connectivity index (χ0n) is 47.4. The highest BCUT2D eigenvalue weighted by Crippen LogP contribution is 2.49. The van der Waals surface area contributed by atoms with Crippen LogP contribution in [0.1, 0.15) is 125 Å². The lowest BCUT2D eigenvalue weighted by Gasteiger charge is -2.42. The quantitative estimate of drug-likeness (QED) is 0.0163. The molecule has 6 N–H and O–H groups in total. The Bertz CT molecular complexity index is 2270. The Morgan fingerprint density at radius 1 is 1.14 bits per heavy atom. The lowest BCUT2D eigenvalue weighted by Crippen LogP contribution is -2.63. The van der Waals surface area contributed by atoms with Gasteiger partial charge in [-0.2, -0.15) is 0 Å². The number of hydrogen-bond donors (Lipinski definition) is 5. The topological polar surface area (TPSA) is 241 Å². The van der Waals surface area contributed by atoms with Gasteiger partial charge >= 0.3 is 12.1 Å². The molecule has 4 rings (SSSR count). The van der Waals surface area contributed by atoms with Crippen molar-refractivity contribution in [3.63, 3.8) is 0 Å². The van der Waals surface area contributed by atoms with Gasteiger partial charge in [0.25, 0.3) is 0 Å². The SMILES string of the molecule is C=CC(C)C(=O)[C@H](CCCCN)NNC(=O)CCCSSC(C)(C)CCC(=O)N(C)[C@@H](C)C(=O)O[C@H]1CC(=O)N(C)c2cc(cc(OC)c2Cl)C/C(C)=C/C=C/[C@@H](OC)[C@@]2(O)C[C@H](OC(=O)N2)[C@@H](C)[C@@H]2O[C@@]12C.C=CCC. The zero-order valence-corrected chi connectivity index (χ0v) is 49.8. The minimum atomic E-state index is -1.86. The number of nitrogens with two attached hydrogens (primary N) is 1. The normalized spacial score (nSPS) is 25.8. The number of benzene rings is 1. The van der Waals surface area contributed by atoms with Crippen molar-refractivity contribution < 1.29 is 57.6 Å². The number of rotatable bonds is 24. The Hall–Kier alpha value is -4.41. The molecule has 0 aliphatic carbocycles. The van der Waals surface area contributed by atoms with Crippen LogP contribution in [-0.4, -0.2) is 139 Å². The van der Waals surface area contributed by atoms with E-state index in [2.05, 4.69) is 36.2 Å². The van der Waals surface area contributed by atoms with Crippen molar-refractivity contribution in [2.24, 2.45) is 17.6 Å². The molecular formula is C56H87ClN6O12S2. The van der Waals surface area contributed by atoms with Crippen LogP contribution < -0.4 is 31.5 Å². The molecule has 1 unspecified atom stereocenters. The molecule has 77 heavy (non-hydrogen) atoms. The molecule has 4 bridgehead atoms. The number of amides is 4. The van der Waals surface area contributed by atoms with Crippen LogP contribution in [0.5, 0.6) is 5.75 Å². The number of ether oxygens (including phenoxy) is 5. The molecule has 3 aliphatic rings. The average Bonchev–Trinajstić information content (AvgIpc) is 4.10. The molecule has 2 saturated heterocycles. The lowest BCUT2D eigenvalue weighted by molar-refractivity contribution is -0.162. The van der Waals surface area contributed by atoms with Crippen LogP contribution in [0.15, 0.2) is 61.2 Å². The molecule has 2 fully saturated rings. The van der Waals surface area contributed by atoms with E-state index >= 15 is 0 Å². The third-order valence-electron chi connectivity index (χ3n) is 14.1. The summed E-state index contributed by atoms with van der Waals surface area (Å²) in [5.41, 5.74) is 10.2. The van der Waals surface area contributed by atoms with Gasteiger partial charge < -0.3 is 44.3 Å². The second-order valence-corrected chi connectivity index (χ2v) is 24.3. The number of unbranched alkanes of at least 4 members (excludes halogenated alkanes) is 1. The summed E-state index contributed by atoms with van der Waals surface area (Å²) in [6, 6.07) is 1.98. The first-order chi connectivity index (χ1) is 36.3. The number of nitrogens with zero attached hydrogens (tertiary/aromatic N) is 2. The number of Topliss-reactive ketones (excluding diaryl/α,β-unsaturated/α-hetero) is 1. The van der Waals surface area contributed by atoms with Gasteiger partial charge in [-0.3, -0.25) is 29.9 Å². The molecule has 432 valence electrons. The summed E-state index contributed by atoms with van der Waals surface area (Å²) >= 11 is 6.83. The molecule has 3 heterocycles. The summed E-state index contributed by atoms with van der Waals surface area (Å²) in [5.74, 6) is -1.66. The third-order valence-corrected chi connectivity index (χ3v) is 18.0. The van der Waals surface area contributed by atoms with Crippen LogP contribution in [0.4, 0.5) is 10.5 Å². The number of nitrogens with one attached hydrogen (secondary N) is 3. The number of epoxide rings is 1. The minimum absolute atomic E-state index is 0.0415. The summed E-state index contributed by atoms with van der Waals surface area (Å²) in [6.45, 7) is 22.6. The van der Waals surface area contributed by atoms with E-state index in [4.69, 9.17) is 41.0 Å². The standard InChI is InChI=1S/C52H79ClN6O12S2.C4H8/c1-13-32(3)46(63)36(19-14-15-24-54)56-57-42(60)21-17-25-72-73-50(6,7)23-22-43(61)58(9)34(5)48(64)70-41-29-44(62)59(10)37-27-35(28-38(67-11)45(37)53)26-31(2)18-16-20-40(68-12)52(66)30-39(69-49(65)55-52)33(4)47-51(41,8)71-47;1-3-4-2/h13,16,18,20,27-28,32-34,36,39-41,47,56,66H,1,14-15,17,19,21-26,29-30,54H2,2-12H3,(H,55,65)(H,57,60);3H,1,4H2,2H3/b20-16+,31-18+;/t32?,33-,34+,36+,39+,40-,41+,47+,51+,52+;/m1./s1. The number of carbonyl (C=O) groups is 6. The van der Waals surface area contributed by atoms with E-state index in [1.165, 1.54) is 31.1 Å². The van der Waals surface area contributed by atoms with Gasteiger partial charge in [-0.05, 0) is 97.4 Å². The number of fused-ring (bicyclic) bond motifs is 5. The first-order valence-corrected chi connectivity index (χ1v) is 29.1. The van der Waals surface area contributed by atoms with Gasteiger partial charge in [0.2, 0.25) is 17.7 Å². The van der Waals surface area contributed by atoms with E-state index in [-0.39, 0.29) is 59.0 Å². The number of halogens is 1. The molecule has 21 heteroatoms. The molecule has 3 aliphatic heterocycles. The molecule has 0 spiro atoms. The van der Waals surface area contributed by atoms with Gasteiger partial charge in [-0.1, -0.05) is 96.3 Å². The average molecular weight is 1140 g/mol. The van der Waals surface area contributed by atoms with Crippen molar-refractivity contribution in [1.29, 1.82) is 0 Å². The fraction of sp³-hybridized carbons (Fsp3) is 0.643. The maximum atomic E-state index is 14.4. The molecule has 0 radical (unpaired) electrons. The number of carbonyl (C=O) groups excluding carboxylic acids is 6. The lowest BCUT2D eigenvalue weighted by atomic mass is 9.83. The number of aliphatic hydroxyl groups is 1. The molecule has 0 aromatic heterocycles. The second-order valence-electron chi connectivity index (χ2n) is 20.8. The zero-order chi connectivity index (χ0) is 57.8. The highest BCUT2D eigenvalue weighted by Gasteiger charge is 2.64. The van der Waals surface area contributed by atoms with Crippen molar-refractivity contribution in [3.8, 4) is 5.75 Å². The highest BCUT2D eigenvalue weighted by atomic mass is 35.5. The Morgan fingerprint density at radius 2 is 1.83 bits per heavy atom. The summed E-state index contributed by atoms with van der Waals surface area (Å²) in [6.07, 6.45) is 8.75. The maximum absolute atomic E-state index is 14.4. The number of alkyl carbamates (subject to hydrolysis) is 1. The maximum Gasteiger partial charge on any atom is 0.409 e. The second kappa shape index (κ2) is 31.4. The Balaban J connectivity index is 0.00000376. The monoisotopic (exact) mass is 1130 g/mol. The summed E-state index contributed by atoms with van der Waals surface area (Å²) in [5, 5.41) is 14.6. The first kappa shape index (κ1) is 66.9. The number of allylic oxidation sites excluding steroid dienone is 5. The van der Waals surface area contributed by atoms with Crippen molar-refractivity contribution in [1.82, 2.24) is 21.1 Å². The Kier molecular flexibility index (Phi) is 27.3. The van der Waals surface area contributed by atoms with Crippen molar-refractivity contribution >= 4 is 74.4 Å². The summed E-state index contributed by atoms with van der Waals surface area (Å²) in [7, 11) is 9.21. The van der Waals surface area contributed by atoms with Crippen LogP contribution in [-0.2, 0) is 49.3 Å². The number of likely N-dealkylation sites (N-methyl/N-ethyl adjacent to an activating group) is 1. The van der Waals surface area contributed by atoms with Crippen molar-refractivity contribution in [3.05, 3.63) is 71.8 Å². The van der Waals surface area contributed by atoms with E-state index in [1.807, 2.05) is 32.9 Å². The van der Waals surface area contributed by atoms with Gasteiger partial charge in [0.15, 0.2) is 11.5 Å². The van der Waals surface area contributed by atoms with Gasteiger partial charge in [-0.15, -0.1) is 13.2 Å². The third kappa shape index (κ3) is 19.7. The highest BCUT2D eigenvalue weighted by molar-refractivity contribution is 8.77. The minimum Gasteiger partial charge on any atom is -0.495 e. The largest absolute Gasteiger partial charge is 0.495 e. The van der Waals surface area contributed by atoms with Crippen LogP contribution >= 0.6 is 33.2 Å². The smallest absolute Gasteiger partial charge is 0.409 e. The van der Waals surface area contributed by atoms with E-state index in [0.29, 0.717) is 49.4 Å². The van der Waals surface area contributed by atoms with E-state index < -0.39 is 71.7 Å². The van der Waals surface area contributed by atoms with Crippen molar-refractivity contribution in [2.75, 3.05) is 45.5 Å². The summed E-state index contributed by atoms with van der Waals surface area (Å²) in [4.78, 5) is 83.4. The van der Waals surface area contributed by atoms with Crippen molar-refractivity contribution in [2.45, 2.75) is 179 Å². The molecule has 18 nitrogen and oxygen atoms in total. The molecule has 0 saturated carbocycles. The predicted molar refractivity (Wildman–Crippen MR) is 306 cm³/mol. The van der Waals surface area contributed by atoms with E-state index in [1.54, 1.807) is 86.7 Å². The fourth-order valence-electron chi connectivity index (χ4n) is 8.78. The van der Waals surface area contributed by atoms with Gasteiger partial charge in [0.1, 0.15) is 40.7 Å². The Labute approximate surface area is 470 Å². The van der Waals surface area contributed by atoms with E-state index in [9.17, 15) is 33.9 Å². The molecule has 10 atom stereocenters. The van der Waals surface area contributed by atoms with E-state index in [0.717, 1.165) is 30.4 Å². The number of esters is 1. The number of methoxy groups -OCH3 is 2. The number of ketones is 1.